The van der Waals surface area contributed by atoms with Crippen molar-refractivity contribution in [3.63, 3.8) is 0 Å². The summed E-state index contributed by atoms with van der Waals surface area (Å²) in [5, 5.41) is 9.62. The molecule has 0 aliphatic carbocycles. The van der Waals surface area contributed by atoms with Gasteiger partial charge in [-0.15, -0.1) is 0 Å². The lowest BCUT2D eigenvalue weighted by Gasteiger charge is -2.09. The Morgan fingerprint density at radius 1 is 0.750 bits per heavy atom. The molecular formula is C35H45N3O2. The number of aryl methyl sites for hydroxylation is 2. The first-order valence-electron chi connectivity index (χ1n) is 15.3. The zero-order valence-electron chi connectivity index (χ0n) is 24.5. The number of hydrogen-bond acceptors (Lipinski definition) is 5. The van der Waals surface area contributed by atoms with Crippen molar-refractivity contribution in [3.05, 3.63) is 77.1 Å². The standard InChI is InChI=1S/C35H45N3O2/c1-3-5-7-9-11-12-14-16-28-26-37-34(38-27-28)30-20-22-33(23-21-30)40-35(39)31-19-18-29(32(24-31)25-36)17-15-13-10-8-6-4-2/h18-24,26-27H,3-17H2,1-2H3. The van der Waals surface area contributed by atoms with Crippen molar-refractivity contribution in [1.82, 2.24) is 9.97 Å². The van der Waals surface area contributed by atoms with Gasteiger partial charge in [0.15, 0.2) is 5.82 Å². The maximum atomic E-state index is 12.8. The van der Waals surface area contributed by atoms with Crippen LogP contribution in [-0.2, 0) is 12.8 Å². The molecule has 0 saturated heterocycles. The zero-order chi connectivity index (χ0) is 28.4. The van der Waals surface area contributed by atoms with Crippen LogP contribution in [0.15, 0.2) is 54.9 Å². The highest BCUT2D eigenvalue weighted by Gasteiger charge is 2.13. The molecule has 5 nitrogen and oxygen atoms in total. The van der Waals surface area contributed by atoms with Crippen LogP contribution in [0.3, 0.4) is 0 Å². The molecule has 1 heterocycles. The highest BCUT2D eigenvalue weighted by molar-refractivity contribution is 5.91. The fourth-order valence-electron chi connectivity index (χ4n) is 4.88. The molecule has 0 amide bonds. The number of hydrogen-bond donors (Lipinski definition) is 0. The molecule has 0 N–H and O–H groups in total. The van der Waals surface area contributed by atoms with E-state index in [-0.39, 0.29) is 0 Å². The van der Waals surface area contributed by atoms with Gasteiger partial charge in [-0.25, -0.2) is 14.8 Å². The third-order valence-corrected chi connectivity index (χ3v) is 7.36. The van der Waals surface area contributed by atoms with E-state index < -0.39 is 5.97 Å². The lowest BCUT2D eigenvalue weighted by atomic mass is 9.99. The summed E-state index contributed by atoms with van der Waals surface area (Å²) in [5.74, 6) is 0.626. The maximum Gasteiger partial charge on any atom is 0.343 e. The fraction of sp³-hybridized carbons (Fsp3) is 0.486. The first-order valence-corrected chi connectivity index (χ1v) is 15.3. The van der Waals surface area contributed by atoms with E-state index >= 15 is 0 Å². The van der Waals surface area contributed by atoms with Crippen molar-refractivity contribution in [3.8, 4) is 23.2 Å². The van der Waals surface area contributed by atoms with Crippen molar-refractivity contribution < 1.29 is 9.53 Å². The van der Waals surface area contributed by atoms with Crippen LogP contribution in [0.1, 0.15) is 124 Å². The Balaban J connectivity index is 1.48. The molecular weight excluding hydrogens is 494 g/mol. The van der Waals surface area contributed by atoms with Crippen LogP contribution in [0.5, 0.6) is 5.75 Å². The van der Waals surface area contributed by atoms with Gasteiger partial charge in [0, 0.05) is 18.0 Å². The van der Waals surface area contributed by atoms with Crippen molar-refractivity contribution in [2.75, 3.05) is 0 Å². The summed E-state index contributed by atoms with van der Waals surface area (Å²) in [6, 6.07) is 14.8. The summed E-state index contributed by atoms with van der Waals surface area (Å²) in [5.41, 5.74) is 3.95. The Morgan fingerprint density at radius 3 is 1.93 bits per heavy atom. The lowest BCUT2D eigenvalue weighted by Crippen LogP contribution is -2.09. The molecule has 0 aliphatic rings. The third kappa shape index (κ3) is 10.6. The highest BCUT2D eigenvalue weighted by Crippen LogP contribution is 2.22. The quantitative estimate of drug-likeness (QED) is 0.0914. The summed E-state index contributed by atoms with van der Waals surface area (Å²) in [6.45, 7) is 4.46. The van der Waals surface area contributed by atoms with Crippen molar-refractivity contribution in [1.29, 1.82) is 5.26 Å². The normalized spacial score (nSPS) is 10.8. The molecule has 0 fully saturated rings. The molecule has 0 radical (unpaired) electrons. The Bertz CT molecular complexity index is 1200. The minimum Gasteiger partial charge on any atom is -0.423 e. The van der Waals surface area contributed by atoms with Gasteiger partial charge >= 0.3 is 5.97 Å². The summed E-state index contributed by atoms with van der Waals surface area (Å²) >= 11 is 0. The van der Waals surface area contributed by atoms with Crippen LogP contribution in [0.2, 0.25) is 0 Å². The Hall–Kier alpha value is -3.52. The van der Waals surface area contributed by atoms with Gasteiger partial charge in [-0.1, -0.05) is 90.5 Å². The topological polar surface area (TPSA) is 75.9 Å². The van der Waals surface area contributed by atoms with Gasteiger partial charge in [-0.05, 0) is 73.2 Å². The molecule has 212 valence electrons. The molecule has 0 saturated carbocycles. The molecule has 3 aromatic rings. The van der Waals surface area contributed by atoms with E-state index in [2.05, 4.69) is 29.9 Å². The number of carbonyl (C=O) groups excluding carboxylic acids is 1. The monoisotopic (exact) mass is 539 g/mol. The first kappa shape index (κ1) is 31.0. The second kappa shape index (κ2) is 17.9. The van der Waals surface area contributed by atoms with Crippen LogP contribution >= 0.6 is 0 Å². The van der Waals surface area contributed by atoms with Crippen molar-refractivity contribution in [2.45, 2.75) is 110 Å². The molecule has 0 spiro atoms. The van der Waals surface area contributed by atoms with E-state index in [9.17, 15) is 10.1 Å². The van der Waals surface area contributed by atoms with E-state index in [1.54, 1.807) is 24.3 Å². The van der Waals surface area contributed by atoms with Gasteiger partial charge < -0.3 is 4.74 Å². The molecule has 1 aromatic heterocycles. The second-order valence-electron chi connectivity index (χ2n) is 10.7. The highest BCUT2D eigenvalue weighted by atomic mass is 16.5. The number of esters is 1. The minimum absolute atomic E-state index is 0.382. The van der Waals surface area contributed by atoms with E-state index in [0.29, 0.717) is 22.7 Å². The number of benzene rings is 2. The minimum atomic E-state index is -0.471. The summed E-state index contributed by atoms with van der Waals surface area (Å²) in [7, 11) is 0. The van der Waals surface area contributed by atoms with Gasteiger partial charge in [0.1, 0.15) is 5.75 Å². The number of unbranched alkanes of at least 4 members (excludes halogenated alkanes) is 11. The first-order chi connectivity index (χ1) is 19.6. The smallest absolute Gasteiger partial charge is 0.343 e. The molecule has 40 heavy (non-hydrogen) atoms. The SMILES string of the molecule is CCCCCCCCCc1cnc(-c2ccc(OC(=O)c3ccc(CCCCCCCC)c(C#N)c3)cc2)nc1. The third-order valence-electron chi connectivity index (χ3n) is 7.36. The molecule has 0 atom stereocenters. The molecule has 5 heteroatoms. The summed E-state index contributed by atoms with van der Waals surface area (Å²) < 4.78 is 5.58. The van der Waals surface area contributed by atoms with Gasteiger partial charge in [-0.2, -0.15) is 5.26 Å². The van der Waals surface area contributed by atoms with Gasteiger partial charge in [-0.3, -0.25) is 0 Å². The number of aromatic nitrogens is 2. The van der Waals surface area contributed by atoms with E-state index in [1.807, 2.05) is 30.6 Å². The Kier molecular flexibility index (Phi) is 13.9. The average Bonchev–Trinajstić information content (AvgIpc) is 2.99. The Morgan fingerprint density at radius 2 is 1.32 bits per heavy atom. The molecule has 0 aliphatic heterocycles. The van der Waals surface area contributed by atoms with E-state index in [4.69, 9.17) is 4.74 Å². The van der Waals surface area contributed by atoms with Crippen LogP contribution in [0.4, 0.5) is 0 Å². The molecule has 0 bridgehead atoms. The van der Waals surface area contributed by atoms with Gasteiger partial charge in [0.2, 0.25) is 0 Å². The Labute approximate surface area is 241 Å². The summed E-state index contributed by atoms with van der Waals surface area (Å²) in [6.07, 6.45) is 22.0. The van der Waals surface area contributed by atoms with Crippen LogP contribution < -0.4 is 4.74 Å². The number of nitrogens with zero attached hydrogens (tertiary/aromatic N) is 3. The van der Waals surface area contributed by atoms with Gasteiger partial charge in [0.25, 0.3) is 0 Å². The maximum absolute atomic E-state index is 12.8. The van der Waals surface area contributed by atoms with Gasteiger partial charge in [0.05, 0.1) is 17.2 Å². The number of rotatable bonds is 18. The average molecular weight is 540 g/mol. The van der Waals surface area contributed by atoms with Crippen molar-refractivity contribution in [2.24, 2.45) is 0 Å². The number of carbonyl (C=O) groups is 1. The van der Waals surface area contributed by atoms with Crippen LogP contribution in [0.25, 0.3) is 11.4 Å². The molecule has 0 unspecified atom stereocenters. The second-order valence-corrected chi connectivity index (χ2v) is 10.7. The number of ether oxygens (including phenoxy) is 1. The largest absolute Gasteiger partial charge is 0.423 e. The lowest BCUT2D eigenvalue weighted by molar-refractivity contribution is 0.0734. The van der Waals surface area contributed by atoms with Crippen molar-refractivity contribution >= 4 is 5.97 Å². The summed E-state index contributed by atoms with van der Waals surface area (Å²) in [4.78, 5) is 21.9. The number of nitriles is 1. The predicted octanol–water partition coefficient (Wildman–Crippen LogP) is 9.43. The predicted molar refractivity (Wildman–Crippen MR) is 162 cm³/mol. The fourth-order valence-corrected chi connectivity index (χ4v) is 4.88. The molecule has 3 rings (SSSR count). The zero-order valence-corrected chi connectivity index (χ0v) is 24.5. The van der Waals surface area contributed by atoms with Crippen LogP contribution in [-0.4, -0.2) is 15.9 Å². The van der Waals surface area contributed by atoms with E-state index in [1.165, 1.54) is 77.0 Å². The molecule has 2 aromatic carbocycles. The van der Waals surface area contributed by atoms with Crippen LogP contribution in [0, 0.1) is 11.3 Å². The van der Waals surface area contributed by atoms with E-state index in [0.717, 1.165) is 36.0 Å².